The molecule has 1 amide bonds. The third-order valence-corrected chi connectivity index (χ3v) is 6.34. The largest absolute Gasteiger partial charge is 0.461 e. The van der Waals surface area contributed by atoms with E-state index in [1.54, 1.807) is 4.90 Å². The highest BCUT2D eigenvalue weighted by Crippen LogP contribution is 2.43. The second-order valence-corrected chi connectivity index (χ2v) is 8.20. The first kappa shape index (κ1) is 20.2. The number of nitrogens with zero attached hydrogens (tertiary/aromatic N) is 2. The molecule has 1 unspecified atom stereocenters. The van der Waals surface area contributed by atoms with E-state index in [1.165, 1.54) is 12.1 Å². The van der Waals surface area contributed by atoms with Gasteiger partial charge in [-0.3, -0.25) is 14.5 Å². The number of piperidine rings is 1. The standard InChI is InChI=1S/C21H26F2N2O4/c22-17-3-1-2-15(19(17)23)12-18(26)25-6-4-21(5-7-25)13-16(29-20(21)27)14-24-8-10-28-11-9-24/h1-3,16H,4-14H2. The number of amides is 1. The lowest BCUT2D eigenvalue weighted by atomic mass is 9.76. The molecule has 8 heteroatoms. The van der Waals surface area contributed by atoms with Crippen LogP contribution in [-0.4, -0.2) is 73.7 Å². The topological polar surface area (TPSA) is 59.1 Å². The maximum absolute atomic E-state index is 13.8. The summed E-state index contributed by atoms with van der Waals surface area (Å²) in [7, 11) is 0. The van der Waals surface area contributed by atoms with E-state index in [-0.39, 0.29) is 30.0 Å². The SMILES string of the molecule is O=C(Cc1cccc(F)c1F)N1CCC2(CC1)CC(CN1CCOCC1)OC2=O. The fourth-order valence-electron chi connectivity index (χ4n) is 4.56. The Hall–Kier alpha value is -2.06. The normalized spacial score (nSPS) is 24.7. The molecular weight excluding hydrogens is 382 g/mol. The lowest BCUT2D eigenvalue weighted by Crippen LogP contribution is -2.45. The molecule has 158 valence electrons. The molecular formula is C21H26F2N2O4. The number of benzene rings is 1. The van der Waals surface area contributed by atoms with Crippen LogP contribution in [0.3, 0.4) is 0 Å². The van der Waals surface area contributed by atoms with Gasteiger partial charge >= 0.3 is 5.97 Å². The van der Waals surface area contributed by atoms with Crippen LogP contribution >= 0.6 is 0 Å². The zero-order chi connectivity index (χ0) is 20.4. The van der Waals surface area contributed by atoms with Gasteiger partial charge in [-0.2, -0.15) is 0 Å². The second-order valence-electron chi connectivity index (χ2n) is 8.20. The number of rotatable bonds is 4. The molecule has 0 bridgehead atoms. The molecule has 1 aromatic carbocycles. The monoisotopic (exact) mass is 408 g/mol. The number of morpholine rings is 1. The molecule has 0 N–H and O–H groups in total. The molecule has 3 fully saturated rings. The van der Waals surface area contributed by atoms with Crippen molar-refractivity contribution in [3.63, 3.8) is 0 Å². The highest BCUT2D eigenvalue weighted by molar-refractivity contribution is 5.81. The Balaban J connectivity index is 1.31. The van der Waals surface area contributed by atoms with Crippen LogP contribution in [0.2, 0.25) is 0 Å². The molecule has 1 spiro atoms. The van der Waals surface area contributed by atoms with Gasteiger partial charge in [0, 0.05) is 44.7 Å². The Morgan fingerprint density at radius 1 is 1.14 bits per heavy atom. The van der Waals surface area contributed by atoms with E-state index in [1.807, 2.05) is 0 Å². The van der Waals surface area contributed by atoms with E-state index in [9.17, 15) is 18.4 Å². The smallest absolute Gasteiger partial charge is 0.312 e. The number of hydrogen-bond donors (Lipinski definition) is 0. The van der Waals surface area contributed by atoms with Crippen LogP contribution in [-0.2, 0) is 25.5 Å². The summed E-state index contributed by atoms with van der Waals surface area (Å²) in [5, 5.41) is 0. The summed E-state index contributed by atoms with van der Waals surface area (Å²) >= 11 is 0. The van der Waals surface area contributed by atoms with Crippen molar-refractivity contribution in [1.29, 1.82) is 0 Å². The fourth-order valence-corrected chi connectivity index (χ4v) is 4.56. The molecule has 3 aliphatic rings. The van der Waals surface area contributed by atoms with Crippen molar-refractivity contribution < 1.29 is 27.8 Å². The molecule has 3 aliphatic heterocycles. The zero-order valence-corrected chi connectivity index (χ0v) is 16.4. The van der Waals surface area contributed by atoms with E-state index in [0.29, 0.717) is 45.6 Å². The van der Waals surface area contributed by atoms with Crippen molar-refractivity contribution in [2.45, 2.75) is 31.8 Å². The minimum Gasteiger partial charge on any atom is -0.461 e. The number of likely N-dealkylation sites (tertiary alicyclic amines) is 1. The fraction of sp³-hybridized carbons (Fsp3) is 0.619. The molecule has 1 aromatic rings. The van der Waals surface area contributed by atoms with Crippen molar-refractivity contribution in [3.8, 4) is 0 Å². The van der Waals surface area contributed by atoms with Gasteiger partial charge in [-0.25, -0.2) is 8.78 Å². The molecule has 4 rings (SSSR count). The van der Waals surface area contributed by atoms with E-state index < -0.39 is 17.0 Å². The third-order valence-electron chi connectivity index (χ3n) is 6.34. The molecule has 3 heterocycles. The average Bonchev–Trinajstić information content (AvgIpc) is 3.01. The van der Waals surface area contributed by atoms with Gasteiger partial charge in [-0.1, -0.05) is 12.1 Å². The quantitative estimate of drug-likeness (QED) is 0.711. The molecule has 0 aliphatic carbocycles. The van der Waals surface area contributed by atoms with Gasteiger partial charge < -0.3 is 14.4 Å². The van der Waals surface area contributed by atoms with Gasteiger partial charge in [-0.15, -0.1) is 0 Å². The number of halogens is 2. The molecule has 3 saturated heterocycles. The van der Waals surface area contributed by atoms with Gasteiger partial charge in [0.2, 0.25) is 5.91 Å². The van der Waals surface area contributed by atoms with Crippen LogP contribution in [0.4, 0.5) is 8.78 Å². The highest BCUT2D eigenvalue weighted by Gasteiger charge is 2.51. The summed E-state index contributed by atoms with van der Waals surface area (Å²) in [6, 6.07) is 3.86. The van der Waals surface area contributed by atoms with Gasteiger partial charge in [-0.05, 0) is 18.9 Å². The highest BCUT2D eigenvalue weighted by atomic mass is 19.2. The molecule has 0 aromatic heterocycles. The van der Waals surface area contributed by atoms with Crippen molar-refractivity contribution in [2.75, 3.05) is 45.9 Å². The van der Waals surface area contributed by atoms with Crippen molar-refractivity contribution in [3.05, 3.63) is 35.4 Å². The van der Waals surface area contributed by atoms with Gasteiger partial charge in [0.25, 0.3) is 0 Å². The minimum atomic E-state index is -0.973. The van der Waals surface area contributed by atoms with E-state index in [2.05, 4.69) is 4.90 Å². The molecule has 0 saturated carbocycles. The van der Waals surface area contributed by atoms with Crippen LogP contribution < -0.4 is 0 Å². The Labute approximate surface area is 168 Å². The number of cyclic esters (lactones) is 1. The summed E-state index contributed by atoms with van der Waals surface area (Å²) in [6.45, 7) is 4.67. The second kappa shape index (κ2) is 8.36. The summed E-state index contributed by atoms with van der Waals surface area (Å²) in [4.78, 5) is 29.0. The van der Waals surface area contributed by atoms with Crippen LogP contribution in [0.15, 0.2) is 18.2 Å². The first-order valence-corrected chi connectivity index (χ1v) is 10.2. The Morgan fingerprint density at radius 3 is 2.59 bits per heavy atom. The van der Waals surface area contributed by atoms with Crippen molar-refractivity contribution in [2.24, 2.45) is 5.41 Å². The van der Waals surface area contributed by atoms with E-state index in [4.69, 9.17) is 9.47 Å². The van der Waals surface area contributed by atoms with Crippen molar-refractivity contribution >= 4 is 11.9 Å². The minimum absolute atomic E-state index is 0.0566. The molecule has 29 heavy (non-hydrogen) atoms. The van der Waals surface area contributed by atoms with Crippen LogP contribution in [0.1, 0.15) is 24.8 Å². The maximum Gasteiger partial charge on any atom is 0.312 e. The number of carbonyl (C=O) groups is 2. The van der Waals surface area contributed by atoms with Gasteiger partial charge in [0.05, 0.1) is 25.0 Å². The number of ether oxygens (including phenoxy) is 2. The Bertz CT molecular complexity index is 774. The number of esters is 1. The van der Waals surface area contributed by atoms with E-state index >= 15 is 0 Å². The predicted octanol–water partition coefficient (Wildman–Crippen LogP) is 1.76. The summed E-state index contributed by atoms with van der Waals surface area (Å²) < 4.78 is 38.2. The lowest BCUT2D eigenvalue weighted by molar-refractivity contribution is -0.153. The first-order valence-electron chi connectivity index (χ1n) is 10.2. The number of carbonyl (C=O) groups excluding carboxylic acids is 2. The van der Waals surface area contributed by atoms with E-state index in [0.717, 1.165) is 25.7 Å². The van der Waals surface area contributed by atoms with Gasteiger partial charge in [0.15, 0.2) is 11.6 Å². The van der Waals surface area contributed by atoms with Gasteiger partial charge in [0.1, 0.15) is 6.10 Å². The Morgan fingerprint density at radius 2 is 1.86 bits per heavy atom. The maximum atomic E-state index is 13.8. The Kier molecular flexibility index (Phi) is 5.83. The summed E-state index contributed by atoms with van der Waals surface area (Å²) in [5.41, 5.74) is -0.473. The third kappa shape index (κ3) is 4.28. The average molecular weight is 408 g/mol. The molecule has 1 atom stereocenters. The first-order chi connectivity index (χ1) is 14.0. The predicted molar refractivity (Wildman–Crippen MR) is 100 cm³/mol. The summed E-state index contributed by atoms with van der Waals surface area (Å²) in [6.07, 6.45) is 1.46. The molecule has 0 radical (unpaired) electrons. The van der Waals surface area contributed by atoms with Crippen molar-refractivity contribution in [1.82, 2.24) is 9.80 Å². The van der Waals surface area contributed by atoms with Crippen LogP contribution in [0.5, 0.6) is 0 Å². The lowest BCUT2D eigenvalue weighted by Gasteiger charge is -2.36. The van der Waals surface area contributed by atoms with Crippen LogP contribution in [0, 0.1) is 17.0 Å². The number of hydrogen-bond acceptors (Lipinski definition) is 5. The summed E-state index contributed by atoms with van der Waals surface area (Å²) in [5.74, 6) is -2.34. The van der Waals surface area contributed by atoms with Crippen LogP contribution in [0.25, 0.3) is 0 Å². The molecule has 6 nitrogen and oxygen atoms in total. The zero-order valence-electron chi connectivity index (χ0n) is 16.4.